The first-order valence-corrected chi connectivity index (χ1v) is 8.53. The molecule has 0 aliphatic heterocycles. The summed E-state index contributed by atoms with van der Waals surface area (Å²) in [5, 5.41) is 2.32. The molecule has 0 radical (unpaired) electrons. The standard InChI is InChI=1S/C5H10Br2NO3PS/c1-11-12(10,13-2)8-5(9)3-4(6)7/h4H,3H2,1-2H3,(H,8,9,10). The number of carbonyl (C=O) groups is 1. The van der Waals surface area contributed by atoms with Crippen LogP contribution >= 0.6 is 50.0 Å². The van der Waals surface area contributed by atoms with Crippen LogP contribution in [0.2, 0.25) is 0 Å². The Morgan fingerprint density at radius 3 is 2.54 bits per heavy atom. The van der Waals surface area contributed by atoms with Gasteiger partial charge in [0, 0.05) is 13.5 Å². The molecule has 1 amide bonds. The second kappa shape index (κ2) is 6.45. The van der Waals surface area contributed by atoms with E-state index in [1.165, 1.54) is 7.11 Å². The van der Waals surface area contributed by atoms with Gasteiger partial charge in [0.1, 0.15) is 0 Å². The van der Waals surface area contributed by atoms with Crippen LogP contribution in [0.4, 0.5) is 0 Å². The van der Waals surface area contributed by atoms with Gasteiger partial charge in [0.25, 0.3) is 0 Å². The fourth-order valence-electron chi connectivity index (χ4n) is 0.504. The van der Waals surface area contributed by atoms with Crippen LogP contribution in [0.25, 0.3) is 0 Å². The van der Waals surface area contributed by atoms with Crippen molar-refractivity contribution in [1.82, 2.24) is 5.09 Å². The monoisotopic (exact) mass is 353 g/mol. The minimum Gasteiger partial charge on any atom is -0.309 e. The van der Waals surface area contributed by atoms with Crippen molar-refractivity contribution in [3.05, 3.63) is 0 Å². The molecule has 13 heavy (non-hydrogen) atoms. The van der Waals surface area contributed by atoms with E-state index in [9.17, 15) is 9.36 Å². The quantitative estimate of drug-likeness (QED) is 0.609. The molecule has 78 valence electrons. The van der Waals surface area contributed by atoms with Gasteiger partial charge >= 0.3 is 6.72 Å². The van der Waals surface area contributed by atoms with Crippen LogP contribution < -0.4 is 5.09 Å². The maximum Gasteiger partial charge on any atom is 0.352 e. The molecule has 1 atom stereocenters. The molecule has 0 bridgehead atoms. The first-order valence-electron chi connectivity index (χ1n) is 3.24. The van der Waals surface area contributed by atoms with Crippen molar-refractivity contribution in [2.75, 3.05) is 13.4 Å². The molecule has 0 spiro atoms. The van der Waals surface area contributed by atoms with E-state index in [1.807, 2.05) is 0 Å². The van der Waals surface area contributed by atoms with E-state index in [0.717, 1.165) is 11.4 Å². The van der Waals surface area contributed by atoms with Crippen LogP contribution in [-0.4, -0.2) is 23.0 Å². The molecular weight excluding hydrogens is 345 g/mol. The Labute approximate surface area is 98.1 Å². The van der Waals surface area contributed by atoms with E-state index in [2.05, 4.69) is 36.9 Å². The van der Waals surface area contributed by atoms with Crippen LogP contribution in [-0.2, 0) is 13.9 Å². The number of hydrogen-bond acceptors (Lipinski definition) is 4. The highest BCUT2D eigenvalue weighted by atomic mass is 79.9. The van der Waals surface area contributed by atoms with E-state index in [-0.39, 0.29) is 16.1 Å². The van der Waals surface area contributed by atoms with Crippen LogP contribution in [0.1, 0.15) is 6.42 Å². The lowest BCUT2D eigenvalue weighted by Gasteiger charge is -2.14. The number of amides is 1. The molecule has 0 aromatic rings. The van der Waals surface area contributed by atoms with Crippen molar-refractivity contribution in [2.45, 2.75) is 10.2 Å². The van der Waals surface area contributed by atoms with Gasteiger partial charge in [0.05, 0.1) is 3.74 Å². The van der Waals surface area contributed by atoms with Gasteiger partial charge in [-0.1, -0.05) is 43.2 Å². The molecule has 0 saturated carbocycles. The lowest BCUT2D eigenvalue weighted by Crippen LogP contribution is -2.21. The molecule has 4 nitrogen and oxygen atoms in total. The Kier molecular flexibility index (Phi) is 6.93. The summed E-state index contributed by atoms with van der Waals surface area (Å²) in [5.41, 5.74) is 0. The predicted octanol–water partition coefficient (Wildman–Crippen LogP) is 2.73. The zero-order chi connectivity index (χ0) is 10.5. The SMILES string of the molecule is COP(=O)(NC(=O)CC(Br)Br)SC. The maximum atomic E-state index is 11.5. The minimum atomic E-state index is -3.02. The Morgan fingerprint density at radius 2 is 2.23 bits per heavy atom. The second-order valence-corrected chi connectivity index (χ2v) is 9.92. The highest BCUT2D eigenvalue weighted by molar-refractivity contribution is 9.24. The molecule has 0 rings (SSSR count). The summed E-state index contributed by atoms with van der Waals surface area (Å²) in [6, 6.07) is 0. The van der Waals surface area contributed by atoms with Crippen molar-refractivity contribution < 1.29 is 13.9 Å². The fourth-order valence-corrected chi connectivity index (χ4v) is 2.85. The molecule has 0 heterocycles. The highest BCUT2D eigenvalue weighted by Gasteiger charge is 2.23. The average molecular weight is 355 g/mol. The number of halogens is 2. The van der Waals surface area contributed by atoms with Crippen LogP contribution in [0, 0.1) is 0 Å². The maximum absolute atomic E-state index is 11.5. The molecule has 0 aromatic heterocycles. The van der Waals surface area contributed by atoms with Gasteiger partial charge in [-0.25, -0.2) is 0 Å². The van der Waals surface area contributed by atoms with Crippen molar-refractivity contribution >= 4 is 55.9 Å². The summed E-state index contributed by atoms with van der Waals surface area (Å²) in [5.74, 6) is -0.321. The summed E-state index contributed by atoms with van der Waals surface area (Å²) < 4.78 is 16.1. The van der Waals surface area contributed by atoms with Crippen LogP contribution in [0.3, 0.4) is 0 Å². The lowest BCUT2D eigenvalue weighted by atomic mass is 10.5. The average Bonchev–Trinajstić information content (AvgIpc) is 2.02. The Hall–Kier alpha value is 0.970. The molecule has 0 aromatic carbocycles. The summed E-state index contributed by atoms with van der Waals surface area (Å²) in [4.78, 5) is 11.2. The van der Waals surface area contributed by atoms with E-state index in [1.54, 1.807) is 6.26 Å². The zero-order valence-corrected chi connectivity index (χ0v) is 12.0. The first kappa shape index (κ1) is 14.0. The highest BCUT2D eigenvalue weighted by Crippen LogP contribution is 2.53. The summed E-state index contributed by atoms with van der Waals surface area (Å²) in [6.07, 6.45) is 1.82. The molecule has 0 saturated heterocycles. The molecule has 8 heteroatoms. The van der Waals surface area contributed by atoms with Gasteiger partial charge in [-0.15, -0.1) is 0 Å². The fraction of sp³-hybridized carbons (Fsp3) is 0.800. The topological polar surface area (TPSA) is 55.4 Å². The predicted molar refractivity (Wildman–Crippen MR) is 62.5 cm³/mol. The van der Waals surface area contributed by atoms with Crippen molar-refractivity contribution in [2.24, 2.45) is 0 Å². The summed E-state index contributed by atoms with van der Waals surface area (Å²) in [6.45, 7) is -3.02. The number of rotatable bonds is 5. The smallest absolute Gasteiger partial charge is 0.309 e. The van der Waals surface area contributed by atoms with E-state index >= 15 is 0 Å². The molecule has 0 fully saturated rings. The van der Waals surface area contributed by atoms with Crippen molar-refractivity contribution in [3.63, 3.8) is 0 Å². The van der Waals surface area contributed by atoms with Crippen molar-refractivity contribution in [1.29, 1.82) is 0 Å². The van der Waals surface area contributed by atoms with Gasteiger partial charge in [0.2, 0.25) is 5.91 Å². The Bertz CT molecular complexity index is 218. The molecule has 0 aliphatic rings. The van der Waals surface area contributed by atoms with E-state index < -0.39 is 6.72 Å². The number of alkyl halides is 2. The number of hydrogen-bond donors (Lipinski definition) is 1. The van der Waals surface area contributed by atoms with Crippen molar-refractivity contribution in [3.8, 4) is 0 Å². The summed E-state index contributed by atoms with van der Waals surface area (Å²) in [7, 11) is 1.30. The van der Waals surface area contributed by atoms with Gasteiger partial charge in [-0.2, -0.15) is 0 Å². The lowest BCUT2D eigenvalue weighted by molar-refractivity contribution is -0.119. The summed E-state index contributed by atoms with van der Waals surface area (Å²) >= 11 is 7.29. The molecule has 1 unspecified atom stereocenters. The third-order valence-corrected chi connectivity index (χ3v) is 5.38. The van der Waals surface area contributed by atoms with Crippen LogP contribution in [0.15, 0.2) is 0 Å². The Morgan fingerprint density at radius 1 is 1.69 bits per heavy atom. The molecule has 1 N–H and O–H groups in total. The first-order chi connectivity index (χ1) is 5.93. The number of nitrogens with one attached hydrogen (secondary N) is 1. The van der Waals surface area contributed by atoms with E-state index in [0.29, 0.717) is 0 Å². The van der Waals surface area contributed by atoms with Gasteiger partial charge in [-0.3, -0.25) is 14.4 Å². The molecule has 0 aliphatic carbocycles. The largest absolute Gasteiger partial charge is 0.352 e. The van der Waals surface area contributed by atoms with Gasteiger partial charge < -0.3 is 4.52 Å². The normalized spacial score (nSPS) is 15.5. The number of carbonyl (C=O) groups excluding carboxylic acids is 1. The third-order valence-electron chi connectivity index (χ3n) is 1.08. The second-order valence-electron chi connectivity index (χ2n) is 1.99. The third kappa shape index (κ3) is 6.12. The van der Waals surface area contributed by atoms with E-state index in [4.69, 9.17) is 4.52 Å². The molecular formula is C5H10Br2NO3PS. The van der Waals surface area contributed by atoms with Gasteiger partial charge in [0.15, 0.2) is 0 Å². The zero-order valence-electron chi connectivity index (χ0n) is 7.12. The van der Waals surface area contributed by atoms with Crippen LogP contribution in [0.5, 0.6) is 0 Å². The minimum absolute atomic E-state index is 0.118. The van der Waals surface area contributed by atoms with Gasteiger partial charge in [-0.05, 0) is 6.26 Å². The Balaban J connectivity index is 4.10.